The molecule has 3 aromatic carbocycles. The van der Waals surface area contributed by atoms with Gasteiger partial charge >= 0.3 is 0 Å². The Morgan fingerprint density at radius 1 is 0.939 bits per heavy atom. The smallest absolute Gasteiger partial charge is 0.243 e. The van der Waals surface area contributed by atoms with Crippen LogP contribution < -0.4 is 5.32 Å². The first-order valence-electron chi connectivity index (χ1n) is 11.0. The van der Waals surface area contributed by atoms with Crippen molar-refractivity contribution >= 4 is 35.0 Å². The third kappa shape index (κ3) is 7.08. The molecule has 0 aliphatic carbocycles. The summed E-state index contributed by atoms with van der Waals surface area (Å²) in [4.78, 5) is 28.4. The van der Waals surface area contributed by atoms with Crippen LogP contribution in [0.5, 0.6) is 0 Å². The van der Waals surface area contributed by atoms with E-state index in [0.717, 1.165) is 16.7 Å². The minimum Gasteiger partial charge on any atom is -0.355 e. The molecular weight excluding hydrogens is 455 g/mol. The number of halogens is 2. The van der Waals surface area contributed by atoms with E-state index in [1.54, 1.807) is 23.1 Å². The Kier molecular flexibility index (Phi) is 8.93. The van der Waals surface area contributed by atoms with E-state index >= 15 is 0 Å². The zero-order valence-corrected chi connectivity index (χ0v) is 20.4. The van der Waals surface area contributed by atoms with Crippen molar-refractivity contribution in [3.8, 4) is 0 Å². The Balaban J connectivity index is 1.96. The van der Waals surface area contributed by atoms with Gasteiger partial charge in [-0.25, -0.2) is 0 Å². The number of nitrogens with one attached hydrogen (secondary N) is 1. The number of hydrogen-bond acceptors (Lipinski definition) is 2. The molecule has 1 N–H and O–H groups in total. The minimum absolute atomic E-state index is 0.0760. The maximum atomic E-state index is 13.6. The summed E-state index contributed by atoms with van der Waals surface area (Å²) in [5, 5.41) is 3.85. The molecule has 0 saturated heterocycles. The second-order valence-electron chi connectivity index (χ2n) is 8.02. The summed E-state index contributed by atoms with van der Waals surface area (Å²) >= 11 is 12.4. The largest absolute Gasteiger partial charge is 0.355 e. The maximum absolute atomic E-state index is 13.6. The number of aryl methyl sites for hydroxylation is 1. The Bertz CT molecular complexity index is 1090. The first-order chi connectivity index (χ1) is 15.9. The number of benzene rings is 3. The number of carbonyl (C=O) groups is 2. The third-order valence-corrected chi connectivity index (χ3v) is 6.04. The van der Waals surface area contributed by atoms with Gasteiger partial charge in [0.15, 0.2) is 0 Å². The Hall–Kier alpha value is -2.82. The molecule has 0 aromatic heterocycles. The Morgan fingerprint density at radius 3 is 2.27 bits per heavy atom. The first-order valence-corrected chi connectivity index (χ1v) is 11.7. The summed E-state index contributed by atoms with van der Waals surface area (Å²) in [7, 11) is 0. The predicted octanol–water partition coefficient (Wildman–Crippen LogP) is 5.62. The van der Waals surface area contributed by atoms with Crippen LogP contribution in [0.25, 0.3) is 0 Å². The summed E-state index contributed by atoms with van der Waals surface area (Å²) in [6.45, 7) is 4.69. The molecule has 0 aliphatic rings. The highest BCUT2D eigenvalue weighted by atomic mass is 35.5. The molecule has 0 bridgehead atoms. The molecule has 4 nitrogen and oxygen atoms in total. The monoisotopic (exact) mass is 482 g/mol. The molecule has 0 radical (unpaired) electrons. The van der Waals surface area contributed by atoms with Crippen molar-refractivity contribution in [3.05, 3.63) is 105 Å². The first kappa shape index (κ1) is 24.8. The molecule has 1 atom stereocenters. The molecule has 0 heterocycles. The van der Waals surface area contributed by atoms with Crippen LogP contribution in [-0.4, -0.2) is 29.3 Å². The van der Waals surface area contributed by atoms with Crippen molar-refractivity contribution in [2.24, 2.45) is 0 Å². The number of likely N-dealkylation sites (N-methyl/N-ethyl adjacent to an activating group) is 1. The van der Waals surface area contributed by atoms with Crippen LogP contribution in [-0.2, 0) is 29.0 Å². The molecular formula is C27H28Cl2N2O2. The van der Waals surface area contributed by atoms with E-state index in [1.165, 1.54) is 0 Å². The minimum atomic E-state index is -0.660. The number of amides is 2. The lowest BCUT2D eigenvalue weighted by Gasteiger charge is -2.31. The molecule has 1 unspecified atom stereocenters. The van der Waals surface area contributed by atoms with Crippen molar-refractivity contribution in [1.82, 2.24) is 10.2 Å². The Morgan fingerprint density at radius 2 is 1.64 bits per heavy atom. The lowest BCUT2D eigenvalue weighted by atomic mass is 10.0. The van der Waals surface area contributed by atoms with E-state index in [-0.39, 0.29) is 18.2 Å². The highest BCUT2D eigenvalue weighted by Gasteiger charge is 2.30. The highest BCUT2D eigenvalue weighted by molar-refractivity contribution is 6.35. The van der Waals surface area contributed by atoms with E-state index in [9.17, 15) is 9.59 Å². The van der Waals surface area contributed by atoms with Gasteiger partial charge in [-0.2, -0.15) is 0 Å². The fourth-order valence-corrected chi connectivity index (χ4v) is 4.14. The summed E-state index contributed by atoms with van der Waals surface area (Å²) in [6.07, 6.45) is 0.491. The van der Waals surface area contributed by atoms with Gasteiger partial charge in [-0.1, -0.05) is 89.4 Å². The molecule has 6 heteroatoms. The highest BCUT2D eigenvalue weighted by Crippen LogP contribution is 2.23. The lowest BCUT2D eigenvalue weighted by Crippen LogP contribution is -2.51. The van der Waals surface area contributed by atoms with Gasteiger partial charge in [-0.3, -0.25) is 9.59 Å². The summed E-state index contributed by atoms with van der Waals surface area (Å²) < 4.78 is 0. The third-order valence-electron chi connectivity index (χ3n) is 5.45. The molecule has 172 valence electrons. The topological polar surface area (TPSA) is 49.4 Å². The van der Waals surface area contributed by atoms with Gasteiger partial charge in [-0.05, 0) is 42.7 Å². The molecule has 3 aromatic rings. The van der Waals surface area contributed by atoms with Gasteiger partial charge in [0.2, 0.25) is 11.8 Å². The molecule has 0 fully saturated rings. The van der Waals surface area contributed by atoms with Gasteiger partial charge in [0.25, 0.3) is 0 Å². The van der Waals surface area contributed by atoms with Crippen molar-refractivity contribution in [2.45, 2.75) is 39.3 Å². The molecule has 0 spiro atoms. The number of rotatable bonds is 9. The van der Waals surface area contributed by atoms with Crippen LogP contribution in [0, 0.1) is 6.92 Å². The van der Waals surface area contributed by atoms with Crippen LogP contribution in [0.3, 0.4) is 0 Å². The van der Waals surface area contributed by atoms with Crippen LogP contribution in [0.4, 0.5) is 0 Å². The van der Waals surface area contributed by atoms with E-state index in [1.807, 2.05) is 68.4 Å². The molecule has 33 heavy (non-hydrogen) atoms. The number of nitrogens with zero attached hydrogens (tertiary/aromatic N) is 1. The van der Waals surface area contributed by atoms with Crippen LogP contribution in [0.15, 0.2) is 72.8 Å². The SMILES string of the molecule is CCNC(=O)C(Cc1ccccc1)N(Cc1ccc(C)cc1)C(=O)Cc1ccc(Cl)cc1Cl. The van der Waals surface area contributed by atoms with Gasteiger partial charge in [0, 0.05) is 29.6 Å². The summed E-state index contributed by atoms with van der Waals surface area (Å²) in [5.41, 5.74) is 3.75. The van der Waals surface area contributed by atoms with Gasteiger partial charge in [0.05, 0.1) is 6.42 Å². The normalized spacial score (nSPS) is 11.6. The van der Waals surface area contributed by atoms with E-state index in [4.69, 9.17) is 23.2 Å². The zero-order chi connectivity index (χ0) is 23.8. The fraction of sp³-hybridized carbons (Fsp3) is 0.259. The van der Waals surface area contributed by atoms with Crippen molar-refractivity contribution in [2.75, 3.05) is 6.54 Å². The van der Waals surface area contributed by atoms with Gasteiger partial charge in [0.1, 0.15) is 6.04 Å². The second-order valence-corrected chi connectivity index (χ2v) is 8.86. The van der Waals surface area contributed by atoms with E-state index in [2.05, 4.69) is 5.32 Å². The Labute approximate surface area is 205 Å². The van der Waals surface area contributed by atoms with Crippen molar-refractivity contribution < 1.29 is 9.59 Å². The van der Waals surface area contributed by atoms with E-state index in [0.29, 0.717) is 35.1 Å². The van der Waals surface area contributed by atoms with Gasteiger partial charge in [-0.15, -0.1) is 0 Å². The predicted molar refractivity (Wildman–Crippen MR) is 135 cm³/mol. The van der Waals surface area contributed by atoms with Crippen LogP contribution in [0.1, 0.15) is 29.2 Å². The van der Waals surface area contributed by atoms with Crippen molar-refractivity contribution in [1.29, 1.82) is 0 Å². The van der Waals surface area contributed by atoms with Crippen LogP contribution >= 0.6 is 23.2 Å². The molecule has 0 saturated carbocycles. The van der Waals surface area contributed by atoms with Gasteiger partial charge < -0.3 is 10.2 Å². The standard InChI is InChI=1S/C27H28Cl2N2O2/c1-3-30-27(33)25(15-20-7-5-4-6-8-20)31(18-21-11-9-19(2)10-12-21)26(32)16-22-13-14-23(28)17-24(22)29/h4-14,17,25H,3,15-16,18H2,1-2H3,(H,30,33). The number of hydrogen-bond donors (Lipinski definition) is 1. The molecule has 0 aliphatic heterocycles. The summed E-state index contributed by atoms with van der Waals surface area (Å²) in [5.74, 6) is -0.351. The second kappa shape index (κ2) is 11.9. The average molecular weight is 483 g/mol. The summed E-state index contributed by atoms with van der Waals surface area (Å²) in [6, 6.07) is 22.2. The quantitative estimate of drug-likeness (QED) is 0.430. The van der Waals surface area contributed by atoms with E-state index < -0.39 is 6.04 Å². The maximum Gasteiger partial charge on any atom is 0.243 e. The van der Waals surface area contributed by atoms with Crippen LogP contribution in [0.2, 0.25) is 10.0 Å². The molecule has 3 rings (SSSR count). The molecule has 2 amide bonds. The zero-order valence-electron chi connectivity index (χ0n) is 18.9. The average Bonchev–Trinajstić information content (AvgIpc) is 2.80. The lowest BCUT2D eigenvalue weighted by molar-refractivity contribution is -0.140. The van der Waals surface area contributed by atoms with Crippen molar-refractivity contribution in [3.63, 3.8) is 0 Å². The fourth-order valence-electron chi connectivity index (χ4n) is 3.67. The number of carbonyl (C=O) groups excluding carboxylic acids is 2.